The minimum atomic E-state index is -0.192. The second-order valence-electron chi connectivity index (χ2n) is 4.62. The summed E-state index contributed by atoms with van der Waals surface area (Å²) in [6, 6.07) is 11.8. The van der Waals surface area contributed by atoms with E-state index in [4.69, 9.17) is 15.2 Å². The van der Waals surface area contributed by atoms with Gasteiger partial charge < -0.3 is 15.2 Å². The lowest BCUT2D eigenvalue weighted by molar-refractivity contribution is 0.211. The molecule has 0 saturated heterocycles. The van der Waals surface area contributed by atoms with Gasteiger partial charge in [0.2, 0.25) is 0 Å². The quantitative estimate of drug-likeness (QED) is 0.776. The van der Waals surface area contributed by atoms with Crippen molar-refractivity contribution in [3.8, 4) is 11.5 Å². The maximum Gasteiger partial charge on any atom is 0.136 e. The van der Waals surface area contributed by atoms with Gasteiger partial charge in [-0.05, 0) is 62.0 Å². The predicted octanol–water partition coefficient (Wildman–Crippen LogP) is 4.61. The molecule has 0 amide bonds. The first-order valence-electron chi connectivity index (χ1n) is 6.52. The zero-order valence-corrected chi connectivity index (χ0v) is 15.1. The van der Waals surface area contributed by atoms with Gasteiger partial charge in [0.05, 0.1) is 16.1 Å². The van der Waals surface area contributed by atoms with E-state index in [1.165, 1.54) is 0 Å². The van der Waals surface area contributed by atoms with Gasteiger partial charge in [0, 0.05) is 6.54 Å². The lowest BCUT2D eigenvalue weighted by Gasteiger charge is -2.21. The van der Waals surface area contributed by atoms with E-state index in [0.29, 0.717) is 6.54 Å². The monoisotopic (exact) mass is 413 g/mol. The molecule has 0 aliphatic carbocycles. The number of methoxy groups -OCH3 is 1. The maximum absolute atomic E-state index is 6.08. The van der Waals surface area contributed by atoms with Gasteiger partial charge in [-0.3, -0.25) is 0 Å². The first-order valence-corrected chi connectivity index (χ1v) is 8.10. The van der Waals surface area contributed by atoms with Crippen LogP contribution in [0.1, 0.15) is 17.2 Å². The van der Waals surface area contributed by atoms with Gasteiger partial charge >= 0.3 is 0 Å². The molecule has 3 nitrogen and oxygen atoms in total. The number of halogens is 2. The lowest BCUT2D eigenvalue weighted by Crippen LogP contribution is -2.19. The van der Waals surface area contributed by atoms with Gasteiger partial charge in [0.25, 0.3) is 0 Å². The van der Waals surface area contributed by atoms with Crippen molar-refractivity contribution >= 4 is 31.9 Å². The molecule has 5 heteroatoms. The first kappa shape index (κ1) is 16.3. The Balaban J connectivity index is 2.31. The van der Waals surface area contributed by atoms with Gasteiger partial charge in [-0.1, -0.05) is 24.3 Å². The highest BCUT2D eigenvalue weighted by Crippen LogP contribution is 2.38. The molecule has 2 rings (SSSR count). The number of ether oxygens (including phenoxy) is 2. The van der Waals surface area contributed by atoms with Gasteiger partial charge in [-0.15, -0.1) is 0 Å². The molecular formula is C16H17Br2NO2. The van der Waals surface area contributed by atoms with Crippen LogP contribution in [0.2, 0.25) is 0 Å². The average molecular weight is 415 g/mol. The molecule has 0 aliphatic rings. The zero-order chi connectivity index (χ0) is 15.4. The van der Waals surface area contributed by atoms with Crippen LogP contribution in [0.4, 0.5) is 0 Å². The Morgan fingerprint density at radius 2 is 1.71 bits per heavy atom. The predicted molar refractivity (Wildman–Crippen MR) is 92.0 cm³/mol. The third-order valence-corrected chi connectivity index (χ3v) is 4.46. The van der Waals surface area contributed by atoms with Gasteiger partial charge in [0.15, 0.2) is 0 Å². The summed E-state index contributed by atoms with van der Waals surface area (Å²) in [6.45, 7) is 2.46. The smallest absolute Gasteiger partial charge is 0.136 e. The zero-order valence-electron chi connectivity index (χ0n) is 11.9. The Morgan fingerprint density at radius 1 is 1.10 bits per heavy atom. The summed E-state index contributed by atoms with van der Waals surface area (Å²) in [5.74, 6) is 1.47. The molecule has 0 aromatic heterocycles. The standard InChI is InChI=1S/C16H17Br2NO2/c1-10-5-3-4-6-11(10)16(9-19)21-15-8-12(17)14(20-2)7-13(15)18/h3-8,16H,9,19H2,1-2H3. The van der Waals surface area contributed by atoms with E-state index < -0.39 is 0 Å². The third kappa shape index (κ3) is 3.78. The second-order valence-corrected chi connectivity index (χ2v) is 6.32. The lowest BCUT2D eigenvalue weighted by atomic mass is 10.0. The van der Waals surface area contributed by atoms with E-state index in [9.17, 15) is 0 Å². The number of aryl methyl sites for hydroxylation is 1. The van der Waals surface area contributed by atoms with Crippen molar-refractivity contribution < 1.29 is 9.47 Å². The molecule has 2 aromatic carbocycles. The molecule has 1 atom stereocenters. The van der Waals surface area contributed by atoms with Crippen LogP contribution in [-0.4, -0.2) is 13.7 Å². The Bertz CT molecular complexity index is 632. The van der Waals surface area contributed by atoms with E-state index in [-0.39, 0.29) is 6.10 Å². The molecule has 0 aliphatic heterocycles. The number of rotatable bonds is 5. The fourth-order valence-corrected chi connectivity index (χ4v) is 3.00. The fraction of sp³-hybridized carbons (Fsp3) is 0.250. The van der Waals surface area contributed by atoms with Crippen LogP contribution < -0.4 is 15.2 Å². The molecular weight excluding hydrogens is 398 g/mol. The van der Waals surface area contributed by atoms with Crippen molar-refractivity contribution in [2.75, 3.05) is 13.7 Å². The molecule has 0 bridgehead atoms. The van der Waals surface area contributed by atoms with E-state index in [2.05, 4.69) is 44.8 Å². The van der Waals surface area contributed by atoms with E-state index >= 15 is 0 Å². The third-order valence-electron chi connectivity index (χ3n) is 3.22. The van der Waals surface area contributed by atoms with Crippen molar-refractivity contribution in [1.82, 2.24) is 0 Å². The van der Waals surface area contributed by atoms with Crippen LogP contribution in [0.5, 0.6) is 11.5 Å². The summed E-state index contributed by atoms with van der Waals surface area (Å²) in [4.78, 5) is 0. The Kier molecular flexibility index (Phi) is 5.67. The van der Waals surface area contributed by atoms with Crippen molar-refractivity contribution in [2.24, 2.45) is 5.73 Å². The van der Waals surface area contributed by atoms with E-state index in [0.717, 1.165) is 31.6 Å². The second kappa shape index (κ2) is 7.29. The summed E-state index contributed by atoms with van der Waals surface area (Å²) in [7, 11) is 1.63. The Morgan fingerprint density at radius 3 is 2.33 bits per heavy atom. The summed E-state index contributed by atoms with van der Waals surface area (Å²) in [5.41, 5.74) is 8.15. The number of hydrogen-bond donors (Lipinski definition) is 1. The largest absolute Gasteiger partial charge is 0.496 e. The molecule has 0 radical (unpaired) electrons. The minimum Gasteiger partial charge on any atom is -0.496 e. The van der Waals surface area contributed by atoms with Crippen LogP contribution in [0.15, 0.2) is 45.3 Å². The number of benzene rings is 2. The molecule has 112 valence electrons. The number of hydrogen-bond acceptors (Lipinski definition) is 3. The highest BCUT2D eigenvalue weighted by atomic mass is 79.9. The molecule has 0 fully saturated rings. The maximum atomic E-state index is 6.08. The fourth-order valence-electron chi connectivity index (χ4n) is 2.10. The topological polar surface area (TPSA) is 44.5 Å². The SMILES string of the molecule is COc1cc(Br)c(OC(CN)c2ccccc2C)cc1Br. The van der Waals surface area contributed by atoms with Crippen LogP contribution in [0.25, 0.3) is 0 Å². The van der Waals surface area contributed by atoms with Crippen molar-refractivity contribution in [2.45, 2.75) is 13.0 Å². The van der Waals surface area contributed by atoms with Gasteiger partial charge in [-0.2, -0.15) is 0 Å². The van der Waals surface area contributed by atoms with Crippen molar-refractivity contribution in [3.05, 3.63) is 56.5 Å². The minimum absolute atomic E-state index is 0.192. The normalized spacial score (nSPS) is 12.0. The van der Waals surface area contributed by atoms with Gasteiger partial charge in [0.1, 0.15) is 17.6 Å². The van der Waals surface area contributed by atoms with E-state index in [1.807, 2.05) is 30.3 Å². The molecule has 0 heterocycles. The van der Waals surface area contributed by atoms with Gasteiger partial charge in [-0.25, -0.2) is 0 Å². The average Bonchev–Trinajstić information content (AvgIpc) is 2.48. The van der Waals surface area contributed by atoms with Crippen LogP contribution in [-0.2, 0) is 0 Å². The Labute approximate surface area is 141 Å². The summed E-state index contributed by atoms with van der Waals surface area (Å²) in [5, 5.41) is 0. The highest BCUT2D eigenvalue weighted by molar-refractivity contribution is 9.11. The molecule has 2 N–H and O–H groups in total. The first-order chi connectivity index (χ1) is 10.1. The van der Waals surface area contributed by atoms with Crippen LogP contribution in [0.3, 0.4) is 0 Å². The van der Waals surface area contributed by atoms with E-state index in [1.54, 1.807) is 7.11 Å². The van der Waals surface area contributed by atoms with Crippen molar-refractivity contribution in [1.29, 1.82) is 0 Å². The molecule has 0 spiro atoms. The van der Waals surface area contributed by atoms with Crippen molar-refractivity contribution in [3.63, 3.8) is 0 Å². The highest BCUT2D eigenvalue weighted by Gasteiger charge is 2.16. The number of nitrogens with two attached hydrogens (primary N) is 1. The van der Waals surface area contributed by atoms with Crippen LogP contribution in [0, 0.1) is 6.92 Å². The molecule has 0 saturated carbocycles. The summed E-state index contributed by atoms with van der Waals surface area (Å²) < 4.78 is 13.0. The molecule has 21 heavy (non-hydrogen) atoms. The Hall–Kier alpha value is -1.04. The summed E-state index contributed by atoms with van der Waals surface area (Å²) >= 11 is 6.97. The summed E-state index contributed by atoms with van der Waals surface area (Å²) in [6.07, 6.45) is -0.192. The molecule has 2 aromatic rings. The van der Waals surface area contributed by atoms with Crippen LogP contribution >= 0.6 is 31.9 Å². The molecule has 1 unspecified atom stereocenters.